The van der Waals surface area contributed by atoms with Gasteiger partial charge in [0.15, 0.2) is 5.58 Å². The summed E-state index contributed by atoms with van der Waals surface area (Å²) >= 11 is 5.81. The number of oxazole rings is 1. The van der Waals surface area contributed by atoms with Gasteiger partial charge in [0.05, 0.1) is 16.6 Å². The zero-order chi connectivity index (χ0) is 14.3. The molecule has 0 amide bonds. The van der Waals surface area contributed by atoms with Crippen LogP contribution < -0.4 is 0 Å². The average Bonchev–Trinajstić information content (AvgIpc) is 2.80. The van der Waals surface area contributed by atoms with Crippen LogP contribution in [0.2, 0.25) is 5.02 Å². The van der Waals surface area contributed by atoms with Crippen molar-refractivity contribution < 1.29 is 14.4 Å². The molecule has 0 aliphatic rings. The molecule has 20 heavy (non-hydrogen) atoms. The van der Waals surface area contributed by atoms with Crippen molar-refractivity contribution in [3.63, 3.8) is 0 Å². The molecule has 1 heterocycles. The molecule has 0 unspecified atom stereocenters. The number of phenols is 1. The highest BCUT2D eigenvalue weighted by Gasteiger charge is 2.18. The largest absolute Gasteiger partial charge is 0.507 e. The van der Waals surface area contributed by atoms with Gasteiger partial charge in [0.2, 0.25) is 5.89 Å². The Balaban J connectivity index is 2.21. The number of benzene rings is 2. The zero-order valence-corrected chi connectivity index (χ0v) is 10.7. The predicted molar refractivity (Wildman–Crippen MR) is 72.8 cm³/mol. The molecule has 0 atom stereocenters. The number of phenolic OH excluding ortho intramolecular Hbond substituents is 1. The molecule has 3 rings (SSSR count). The summed E-state index contributed by atoms with van der Waals surface area (Å²) in [4.78, 5) is 14.4. The summed E-state index contributed by atoms with van der Waals surface area (Å²) in [5, 5.41) is 20.6. The molecule has 2 aromatic carbocycles. The maximum absolute atomic E-state index is 10.8. The number of hydrogen-bond acceptors (Lipinski definition) is 5. The van der Waals surface area contributed by atoms with Gasteiger partial charge >= 0.3 is 0 Å². The van der Waals surface area contributed by atoms with Gasteiger partial charge in [-0.25, -0.2) is 4.98 Å². The first-order valence-electron chi connectivity index (χ1n) is 5.59. The molecule has 3 aromatic rings. The predicted octanol–water partition coefficient (Wildman–Crippen LogP) is 3.76. The fraction of sp³-hybridized carbons (Fsp3) is 0. The summed E-state index contributed by atoms with van der Waals surface area (Å²) in [6.45, 7) is 0. The molecule has 7 heteroatoms. The minimum Gasteiger partial charge on any atom is -0.507 e. The summed E-state index contributed by atoms with van der Waals surface area (Å²) in [7, 11) is 0. The fourth-order valence-electron chi connectivity index (χ4n) is 1.85. The molecule has 100 valence electrons. The van der Waals surface area contributed by atoms with E-state index < -0.39 is 4.92 Å². The number of fused-ring (bicyclic) bond motifs is 1. The Hall–Kier alpha value is -2.60. The van der Waals surface area contributed by atoms with Gasteiger partial charge in [-0.1, -0.05) is 23.7 Å². The number of hydrogen-bond donors (Lipinski definition) is 1. The summed E-state index contributed by atoms with van der Waals surface area (Å²) < 4.78 is 5.45. The Morgan fingerprint density at radius 2 is 2.05 bits per heavy atom. The maximum atomic E-state index is 10.8. The minimum atomic E-state index is -0.593. The van der Waals surface area contributed by atoms with E-state index in [0.717, 1.165) is 0 Å². The highest BCUT2D eigenvalue weighted by Crippen LogP contribution is 2.34. The van der Waals surface area contributed by atoms with Crippen molar-refractivity contribution in [1.82, 2.24) is 4.98 Å². The lowest BCUT2D eigenvalue weighted by Gasteiger charge is -1.97. The molecule has 0 bridgehead atoms. The highest BCUT2D eigenvalue weighted by atomic mass is 35.5. The van der Waals surface area contributed by atoms with Gasteiger partial charge in [0, 0.05) is 0 Å². The molecule has 0 aliphatic carbocycles. The van der Waals surface area contributed by atoms with Gasteiger partial charge < -0.3 is 9.52 Å². The van der Waals surface area contributed by atoms with Crippen molar-refractivity contribution in [3.05, 3.63) is 51.5 Å². The monoisotopic (exact) mass is 290 g/mol. The van der Waals surface area contributed by atoms with Crippen LogP contribution in [-0.2, 0) is 0 Å². The number of aromatic hydroxyl groups is 1. The fourth-order valence-corrected chi connectivity index (χ4v) is 2.07. The van der Waals surface area contributed by atoms with Crippen molar-refractivity contribution in [2.45, 2.75) is 0 Å². The first-order chi connectivity index (χ1) is 9.56. The second-order valence-corrected chi connectivity index (χ2v) is 4.47. The van der Waals surface area contributed by atoms with Gasteiger partial charge in [-0.15, -0.1) is 0 Å². The van der Waals surface area contributed by atoms with E-state index in [0.29, 0.717) is 11.1 Å². The number of nitro benzene ring substituents is 1. The highest BCUT2D eigenvalue weighted by molar-refractivity contribution is 6.33. The molecule has 0 saturated carbocycles. The van der Waals surface area contributed by atoms with Crippen molar-refractivity contribution in [2.24, 2.45) is 0 Å². The summed E-state index contributed by atoms with van der Waals surface area (Å²) in [5.74, 6) is 0.189. The van der Waals surface area contributed by atoms with E-state index in [1.165, 1.54) is 18.2 Å². The molecule has 0 fully saturated rings. The molecular formula is C13H7ClN2O4. The van der Waals surface area contributed by atoms with Crippen LogP contribution in [0.25, 0.3) is 22.6 Å². The lowest BCUT2D eigenvalue weighted by molar-refractivity contribution is -0.384. The molecule has 0 radical (unpaired) electrons. The van der Waals surface area contributed by atoms with Crippen LogP contribution in [-0.4, -0.2) is 15.0 Å². The van der Waals surface area contributed by atoms with E-state index >= 15 is 0 Å². The third-order valence-corrected chi connectivity index (χ3v) is 3.09. The SMILES string of the molecule is O=[N+]([O-])c1cc2oc(-c3ccccc3O)nc2cc1Cl. The Labute approximate surface area is 117 Å². The van der Waals surface area contributed by atoms with Crippen molar-refractivity contribution in [1.29, 1.82) is 0 Å². The number of halogens is 1. The number of nitrogens with zero attached hydrogens (tertiary/aromatic N) is 2. The van der Waals surface area contributed by atoms with Crippen LogP contribution in [0.4, 0.5) is 5.69 Å². The minimum absolute atomic E-state index is 0.0136. The normalized spacial score (nSPS) is 10.8. The Kier molecular flexibility index (Phi) is 2.80. The topological polar surface area (TPSA) is 89.4 Å². The first kappa shape index (κ1) is 12.4. The van der Waals surface area contributed by atoms with Gasteiger partial charge in [-0.3, -0.25) is 10.1 Å². The van der Waals surface area contributed by atoms with Crippen LogP contribution in [0.5, 0.6) is 5.75 Å². The molecule has 0 saturated heterocycles. The van der Waals surface area contributed by atoms with Gasteiger partial charge in [-0.05, 0) is 18.2 Å². The third-order valence-electron chi connectivity index (χ3n) is 2.79. The molecule has 6 nitrogen and oxygen atoms in total. The van der Waals surface area contributed by atoms with E-state index in [-0.39, 0.29) is 27.9 Å². The Morgan fingerprint density at radius 1 is 1.30 bits per heavy atom. The maximum Gasteiger partial charge on any atom is 0.291 e. The van der Waals surface area contributed by atoms with E-state index in [4.69, 9.17) is 16.0 Å². The summed E-state index contributed by atoms with van der Waals surface area (Å²) in [6.07, 6.45) is 0. The van der Waals surface area contributed by atoms with E-state index in [1.54, 1.807) is 18.2 Å². The average molecular weight is 291 g/mol. The van der Waals surface area contributed by atoms with E-state index in [2.05, 4.69) is 4.98 Å². The quantitative estimate of drug-likeness (QED) is 0.573. The first-order valence-corrected chi connectivity index (χ1v) is 5.97. The molecule has 1 aromatic heterocycles. The zero-order valence-electron chi connectivity index (χ0n) is 9.91. The lowest BCUT2D eigenvalue weighted by Crippen LogP contribution is -1.88. The standard InChI is InChI=1S/C13H7ClN2O4/c14-8-5-9-12(6-10(8)16(18)19)20-13(15-9)7-3-1-2-4-11(7)17/h1-6,17H. The second-order valence-electron chi connectivity index (χ2n) is 4.06. The summed E-state index contributed by atoms with van der Waals surface area (Å²) in [6, 6.07) is 9.11. The number of para-hydroxylation sites is 1. The van der Waals surface area contributed by atoms with E-state index in [1.807, 2.05) is 0 Å². The lowest BCUT2D eigenvalue weighted by atomic mass is 10.2. The smallest absolute Gasteiger partial charge is 0.291 e. The molecule has 0 spiro atoms. The van der Waals surface area contributed by atoms with Crippen LogP contribution in [0, 0.1) is 10.1 Å². The van der Waals surface area contributed by atoms with Crippen LogP contribution in [0.15, 0.2) is 40.8 Å². The van der Waals surface area contributed by atoms with Crippen molar-refractivity contribution in [3.8, 4) is 17.2 Å². The second kappa shape index (κ2) is 4.50. The van der Waals surface area contributed by atoms with Gasteiger partial charge in [0.1, 0.15) is 16.3 Å². The van der Waals surface area contributed by atoms with Crippen LogP contribution >= 0.6 is 11.6 Å². The molecule has 0 aliphatic heterocycles. The number of nitro groups is 1. The van der Waals surface area contributed by atoms with Crippen LogP contribution in [0.1, 0.15) is 0 Å². The Morgan fingerprint density at radius 3 is 2.75 bits per heavy atom. The number of rotatable bonds is 2. The van der Waals surface area contributed by atoms with Crippen LogP contribution in [0.3, 0.4) is 0 Å². The molecular weight excluding hydrogens is 284 g/mol. The van der Waals surface area contributed by atoms with Crippen molar-refractivity contribution in [2.75, 3.05) is 0 Å². The van der Waals surface area contributed by atoms with E-state index in [9.17, 15) is 15.2 Å². The third kappa shape index (κ3) is 1.96. The molecule has 1 N–H and O–H groups in total. The number of aromatic nitrogens is 1. The van der Waals surface area contributed by atoms with Gasteiger partial charge in [-0.2, -0.15) is 0 Å². The van der Waals surface area contributed by atoms with Gasteiger partial charge in [0.25, 0.3) is 5.69 Å². The summed E-state index contributed by atoms with van der Waals surface area (Å²) in [5.41, 5.74) is 0.778. The van der Waals surface area contributed by atoms with Crippen molar-refractivity contribution >= 4 is 28.4 Å². The Bertz CT molecular complexity index is 828.